The minimum Gasteiger partial charge on any atom is -0.381 e. The van der Waals surface area contributed by atoms with Gasteiger partial charge < -0.3 is 10.1 Å². The monoisotopic (exact) mass is 331 g/mol. The second kappa shape index (κ2) is 7.44. The zero-order valence-electron chi connectivity index (χ0n) is 12.6. The summed E-state index contributed by atoms with van der Waals surface area (Å²) in [7, 11) is 0. The van der Waals surface area contributed by atoms with E-state index in [1.807, 2.05) is 29.1 Å². The molecule has 0 saturated carbocycles. The number of carbonyl (C=O) groups is 1. The Bertz CT molecular complexity index is 705. The maximum Gasteiger partial charge on any atom is 0.248 e. The lowest BCUT2D eigenvalue weighted by Crippen LogP contribution is -2.19. The van der Waals surface area contributed by atoms with Crippen LogP contribution in [0.4, 0.5) is 5.69 Å². The van der Waals surface area contributed by atoms with Crippen molar-refractivity contribution in [1.29, 1.82) is 0 Å². The highest BCUT2D eigenvalue weighted by molar-refractivity contribution is 6.32. The molecule has 1 aromatic carbocycles. The Morgan fingerprint density at radius 1 is 1.35 bits per heavy atom. The van der Waals surface area contributed by atoms with Gasteiger partial charge in [0.15, 0.2) is 0 Å². The van der Waals surface area contributed by atoms with Crippen molar-refractivity contribution in [2.24, 2.45) is 0 Å². The van der Waals surface area contributed by atoms with Crippen LogP contribution in [-0.4, -0.2) is 28.9 Å². The Morgan fingerprint density at radius 2 is 2.13 bits per heavy atom. The number of benzene rings is 1. The molecule has 3 rings (SSSR count). The average molecular weight is 332 g/mol. The summed E-state index contributed by atoms with van der Waals surface area (Å²) in [6.45, 7) is 1.51. The molecule has 2 heterocycles. The van der Waals surface area contributed by atoms with Crippen LogP contribution in [0.1, 0.15) is 24.4 Å². The minimum absolute atomic E-state index is 0.212. The lowest BCUT2D eigenvalue weighted by Gasteiger charge is -2.22. The summed E-state index contributed by atoms with van der Waals surface area (Å²) in [6, 6.07) is 7.71. The van der Waals surface area contributed by atoms with E-state index in [1.165, 1.54) is 6.08 Å². The fraction of sp³-hybridized carbons (Fsp3) is 0.294. The van der Waals surface area contributed by atoms with E-state index in [4.69, 9.17) is 16.3 Å². The van der Waals surface area contributed by atoms with Gasteiger partial charge in [-0.2, -0.15) is 5.10 Å². The van der Waals surface area contributed by atoms with Crippen LogP contribution in [0, 0.1) is 0 Å². The molecule has 120 valence electrons. The highest BCUT2D eigenvalue weighted by Crippen LogP contribution is 2.21. The molecule has 5 nitrogen and oxygen atoms in total. The van der Waals surface area contributed by atoms with Crippen LogP contribution in [0.3, 0.4) is 0 Å². The first-order chi connectivity index (χ1) is 11.2. The van der Waals surface area contributed by atoms with Gasteiger partial charge in [0.25, 0.3) is 0 Å². The van der Waals surface area contributed by atoms with E-state index < -0.39 is 0 Å². The average Bonchev–Trinajstić information content (AvgIpc) is 3.03. The van der Waals surface area contributed by atoms with Crippen molar-refractivity contribution in [2.45, 2.75) is 18.9 Å². The zero-order chi connectivity index (χ0) is 16.1. The number of nitrogens with zero attached hydrogens (tertiary/aromatic N) is 2. The van der Waals surface area contributed by atoms with Crippen LogP contribution < -0.4 is 5.32 Å². The second-order valence-electron chi connectivity index (χ2n) is 5.40. The summed E-state index contributed by atoms with van der Waals surface area (Å²) >= 11 is 6.05. The van der Waals surface area contributed by atoms with Gasteiger partial charge in [-0.3, -0.25) is 9.48 Å². The van der Waals surface area contributed by atoms with E-state index in [0.29, 0.717) is 16.8 Å². The highest BCUT2D eigenvalue weighted by atomic mass is 35.5. The Labute approximate surface area is 139 Å². The molecule has 2 aromatic rings. The van der Waals surface area contributed by atoms with E-state index >= 15 is 0 Å². The molecule has 6 heteroatoms. The summed E-state index contributed by atoms with van der Waals surface area (Å²) in [5.41, 5.74) is 1.49. The second-order valence-corrected chi connectivity index (χ2v) is 5.80. The van der Waals surface area contributed by atoms with Crippen molar-refractivity contribution in [1.82, 2.24) is 9.78 Å². The van der Waals surface area contributed by atoms with Gasteiger partial charge in [-0.05, 0) is 30.5 Å². The van der Waals surface area contributed by atoms with Crippen LogP contribution in [0.15, 0.2) is 42.7 Å². The van der Waals surface area contributed by atoms with Gasteiger partial charge in [-0.25, -0.2) is 0 Å². The maximum atomic E-state index is 12.0. The Hall–Kier alpha value is -2.11. The molecule has 23 heavy (non-hydrogen) atoms. The molecule has 0 radical (unpaired) electrons. The normalized spacial score (nSPS) is 15.9. The van der Waals surface area contributed by atoms with E-state index in [9.17, 15) is 4.79 Å². The van der Waals surface area contributed by atoms with E-state index in [-0.39, 0.29) is 5.91 Å². The molecular formula is C17H18ClN3O2. The number of aromatic nitrogens is 2. The quantitative estimate of drug-likeness (QED) is 0.872. The van der Waals surface area contributed by atoms with Crippen LogP contribution >= 0.6 is 11.6 Å². The summed E-state index contributed by atoms with van der Waals surface area (Å²) in [6.07, 6.45) is 8.57. The fourth-order valence-electron chi connectivity index (χ4n) is 2.51. The van der Waals surface area contributed by atoms with Crippen molar-refractivity contribution in [3.8, 4) is 0 Å². The fourth-order valence-corrected chi connectivity index (χ4v) is 2.71. The largest absolute Gasteiger partial charge is 0.381 e. The minimum atomic E-state index is -0.212. The molecular weight excluding hydrogens is 314 g/mol. The Morgan fingerprint density at radius 3 is 2.91 bits per heavy atom. The third-order valence-electron chi connectivity index (χ3n) is 3.75. The van der Waals surface area contributed by atoms with Gasteiger partial charge in [0, 0.05) is 30.5 Å². The third-order valence-corrected chi connectivity index (χ3v) is 4.10. The highest BCUT2D eigenvalue weighted by Gasteiger charge is 2.16. The molecule has 1 aliphatic rings. The predicted octanol–water partition coefficient (Wildman–Crippen LogP) is 3.54. The van der Waals surface area contributed by atoms with E-state index in [1.54, 1.807) is 18.3 Å². The molecule has 1 amide bonds. The number of hydrogen-bond donors (Lipinski definition) is 1. The first kappa shape index (κ1) is 15.8. The van der Waals surface area contributed by atoms with Crippen LogP contribution in [0.25, 0.3) is 6.08 Å². The number of halogens is 1. The summed E-state index contributed by atoms with van der Waals surface area (Å²) in [5, 5.41) is 7.75. The van der Waals surface area contributed by atoms with Crippen LogP contribution in [0.2, 0.25) is 5.02 Å². The SMILES string of the molecule is O=C(/C=C/c1ccccc1Cl)Nc1cnn(C2CCOCC2)c1. The first-order valence-electron chi connectivity index (χ1n) is 7.58. The number of anilines is 1. The predicted molar refractivity (Wildman–Crippen MR) is 90.4 cm³/mol. The van der Waals surface area contributed by atoms with Crippen LogP contribution in [-0.2, 0) is 9.53 Å². The van der Waals surface area contributed by atoms with Gasteiger partial charge >= 0.3 is 0 Å². The molecule has 0 unspecified atom stereocenters. The van der Waals surface area contributed by atoms with Gasteiger partial charge in [-0.15, -0.1) is 0 Å². The summed E-state index contributed by atoms with van der Waals surface area (Å²) in [4.78, 5) is 12.0. The molecule has 1 fully saturated rings. The van der Waals surface area contributed by atoms with Crippen molar-refractivity contribution < 1.29 is 9.53 Å². The summed E-state index contributed by atoms with van der Waals surface area (Å²) in [5.74, 6) is -0.212. The smallest absolute Gasteiger partial charge is 0.248 e. The maximum absolute atomic E-state index is 12.0. The van der Waals surface area contributed by atoms with Crippen molar-refractivity contribution in [2.75, 3.05) is 18.5 Å². The molecule has 0 aliphatic carbocycles. The van der Waals surface area contributed by atoms with Crippen molar-refractivity contribution in [3.63, 3.8) is 0 Å². The Balaban J connectivity index is 1.60. The topological polar surface area (TPSA) is 56.2 Å². The molecule has 1 N–H and O–H groups in total. The number of hydrogen-bond acceptors (Lipinski definition) is 3. The molecule has 0 bridgehead atoms. The summed E-state index contributed by atoms with van der Waals surface area (Å²) < 4.78 is 7.24. The number of nitrogens with one attached hydrogen (secondary N) is 1. The zero-order valence-corrected chi connectivity index (χ0v) is 13.4. The number of rotatable bonds is 4. The molecule has 1 aromatic heterocycles. The van der Waals surface area contributed by atoms with Crippen molar-refractivity contribution >= 4 is 29.3 Å². The van der Waals surface area contributed by atoms with Gasteiger partial charge in [0.2, 0.25) is 5.91 Å². The van der Waals surface area contributed by atoms with Crippen LogP contribution in [0.5, 0.6) is 0 Å². The lowest BCUT2D eigenvalue weighted by molar-refractivity contribution is -0.111. The third kappa shape index (κ3) is 4.21. The standard InChI is InChI=1S/C17H18ClN3O2/c18-16-4-2-1-3-13(16)5-6-17(22)20-14-11-19-21(12-14)15-7-9-23-10-8-15/h1-6,11-12,15H,7-10H2,(H,20,22)/b6-5+. The molecule has 1 aliphatic heterocycles. The lowest BCUT2D eigenvalue weighted by atomic mass is 10.1. The Kier molecular flexibility index (Phi) is 5.10. The van der Waals surface area contributed by atoms with E-state index in [2.05, 4.69) is 10.4 Å². The van der Waals surface area contributed by atoms with Gasteiger partial charge in [0.1, 0.15) is 0 Å². The van der Waals surface area contributed by atoms with Gasteiger partial charge in [-0.1, -0.05) is 29.8 Å². The molecule has 0 atom stereocenters. The molecule has 0 spiro atoms. The molecule has 1 saturated heterocycles. The van der Waals surface area contributed by atoms with E-state index in [0.717, 1.165) is 31.6 Å². The first-order valence-corrected chi connectivity index (χ1v) is 7.95. The number of ether oxygens (including phenoxy) is 1. The van der Waals surface area contributed by atoms with Gasteiger partial charge in [0.05, 0.1) is 17.9 Å². The number of carbonyl (C=O) groups excluding carboxylic acids is 1. The number of amides is 1. The van der Waals surface area contributed by atoms with Crippen molar-refractivity contribution in [3.05, 3.63) is 53.3 Å².